The van der Waals surface area contributed by atoms with Gasteiger partial charge in [0, 0.05) is 6.54 Å². The molecule has 0 aliphatic heterocycles. The summed E-state index contributed by atoms with van der Waals surface area (Å²) in [6, 6.07) is 0.578. The molecule has 2 aliphatic carbocycles. The van der Waals surface area contributed by atoms with Gasteiger partial charge in [0.1, 0.15) is 0 Å². The van der Waals surface area contributed by atoms with Crippen LogP contribution in [0.4, 0.5) is 6.01 Å². The van der Waals surface area contributed by atoms with E-state index in [0.717, 1.165) is 30.8 Å². The second-order valence-electron chi connectivity index (χ2n) is 5.50. The van der Waals surface area contributed by atoms with Crippen molar-refractivity contribution in [3.05, 3.63) is 5.89 Å². The van der Waals surface area contributed by atoms with E-state index in [-0.39, 0.29) is 0 Å². The molecular formula is C13H22N4O. The van der Waals surface area contributed by atoms with Crippen LogP contribution < -0.4 is 10.6 Å². The highest BCUT2D eigenvalue weighted by Crippen LogP contribution is 2.49. The van der Waals surface area contributed by atoms with Gasteiger partial charge in [0.05, 0.1) is 6.54 Å². The molecule has 0 saturated heterocycles. The lowest BCUT2D eigenvalue weighted by molar-refractivity contribution is 0.418. The average Bonchev–Trinajstić information content (AvgIpc) is 3.28. The zero-order valence-electron chi connectivity index (χ0n) is 11.0. The first-order chi connectivity index (χ1) is 8.86. The number of hydrogen-bond donors (Lipinski definition) is 2. The van der Waals surface area contributed by atoms with Crippen LogP contribution in [-0.4, -0.2) is 23.3 Å². The monoisotopic (exact) mass is 250 g/mol. The lowest BCUT2D eigenvalue weighted by Gasteiger charge is -2.14. The summed E-state index contributed by atoms with van der Waals surface area (Å²) in [4.78, 5) is 0. The topological polar surface area (TPSA) is 63.0 Å². The van der Waals surface area contributed by atoms with E-state index in [1.807, 2.05) is 0 Å². The van der Waals surface area contributed by atoms with Crippen molar-refractivity contribution in [3.63, 3.8) is 0 Å². The summed E-state index contributed by atoms with van der Waals surface area (Å²) in [5, 5.41) is 14.5. The third-order valence-electron chi connectivity index (χ3n) is 3.94. The molecule has 5 heteroatoms. The average molecular weight is 250 g/mol. The van der Waals surface area contributed by atoms with Crippen LogP contribution in [-0.2, 0) is 6.54 Å². The van der Waals surface area contributed by atoms with Crippen LogP contribution in [0.1, 0.15) is 38.5 Å². The Balaban J connectivity index is 1.47. The maximum atomic E-state index is 5.54. The van der Waals surface area contributed by atoms with Crippen molar-refractivity contribution in [2.75, 3.05) is 18.4 Å². The molecular weight excluding hydrogens is 228 g/mol. The van der Waals surface area contributed by atoms with Gasteiger partial charge in [-0.25, -0.2) is 0 Å². The van der Waals surface area contributed by atoms with Gasteiger partial charge in [-0.05, 0) is 50.0 Å². The maximum absolute atomic E-state index is 5.54. The standard InChI is InChI=1S/C13H22N4O/c1-2-14-8-12-16-17-13(18-12)15-7-11(9-3-4-9)10-5-6-10/h9-11,14H,2-8H2,1H3,(H,15,17). The lowest BCUT2D eigenvalue weighted by Crippen LogP contribution is -2.18. The number of aromatic nitrogens is 2. The lowest BCUT2D eigenvalue weighted by atomic mass is 9.98. The highest BCUT2D eigenvalue weighted by atomic mass is 16.4. The number of anilines is 1. The first-order valence-electron chi connectivity index (χ1n) is 7.13. The van der Waals surface area contributed by atoms with Crippen molar-refractivity contribution in [1.29, 1.82) is 0 Å². The molecule has 0 bridgehead atoms. The molecule has 2 aliphatic rings. The first-order valence-corrected chi connectivity index (χ1v) is 7.13. The Hall–Kier alpha value is -1.10. The van der Waals surface area contributed by atoms with Crippen LogP contribution in [0, 0.1) is 17.8 Å². The molecule has 0 aromatic carbocycles. The zero-order chi connectivity index (χ0) is 12.4. The van der Waals surface area contributed by atoms with E-state index < -0.39 is 0 Å². The molecule has 2 fully saturated rings. The fourth-order valence-electron chi connectivity index (χ4n) is 2.60. The summed E-state index contributed by atoms with van der Waals surface area (Å²) >= 11 is 0. The van der Waals surface area contributed by atoms with Crippen LogP contribution >= 0.6 is 0 Å². The van der Waals surface area contributed by atoms with Gasteiger partial charge in [0.25, 0.3) is 0 Å². The van der Waals surface area contributed by atoms with Gasteiger partial charge in [-0.15, -0.1) is 5.10 Å². The Morgan fingerprint density at radius 3 is 2.56 bits per heavy atom. The van der Waals surface area contributed by atoms with Crippen LogP contribution in [0.2, 0.25) is 0 Å². The van der Waals surface area contributed by atoms with Crippen molar-refractivity contribution in [2.45, 2.75) is 39.2 Å². The molecule has 0 unspecified atom stereocenters. The fraction of sp³-hybridized carbons (Fsp3) is 0.846. The van der Waals surface area contributed by atoms with Crippen molar-refractivity contribution in [3.8, 4) is 0 Å². The van der Waals surface area contributed by atoms with Gasteiger partial charge in [-0.2, -0.15) is 0 Å². The largest absolute Gasteiger partial charge is 0.407 e. The van der Waals surface area contributed by atoms with E-state index in [9.17, 15) is 0 Å². The van der Waals surface area contributed by atoms with Gasteiger partial charge >= 0.3 is 6.01 Å². The van der Waals surface area contributed by atoms with Crippen molar-refractivity contribution >= 4 is 6.01 Å². The van der Waals surface area contributed by atoms with Gasteiger partial charge in [-0.1, -0.05) is 12.0 Å². The Kier molecular flexibility index (Phi) is 3.50. The number of nitrogens with zero attached hydrogens (tertiary/aromatic N) is 2. The van der Waals surface area contributed by atoms with Crippen LogP contribution in [0.5, 0.6) is 0 Å². The normalized spacial score (nSPS) is 19.4. The fourth-order valence-corrected chi connectivity index (χ4v) is 2.60. The number of rotatable bonds is 8. The molecule has 0 spiro atoms. The van der Waals surface area contributed by atoms with E-state index in [4.69, 9.17) is 4.42 Å². The van der Waals surface area contributed by atoms with Crippen LogP contribution in [0.25, 0.3) is 0 Å². The van der Waals surface area contributed by atoms with Crippen LogP contribution in [0.15, 0.2) is 4.42 Å². The van der Waals surface area contributed by atoms with Crippen LogP contribution in [0.3, 0.4) is 0 Å². The molecule has 3 rings (SSSR count). The number of nitrogens with one attached hydrogen (secondary N) is 2. The van der Waals surface area contributed by atoms with Gasteiger partial charge in [0.2, 0.25) is 5.89 Å². The predicted molar refractivity (Wildman–Crippen MR) is 69.1 cm³/mol. The molecule has 1 aromatic heterocycles. The highest BCUT2D eigenvalue weighted by Gasteiger charge is 2.41. The minimum Gasteiger partial charge on any atom is -0.407 e. The summed E-state index contributed by atoms with van der Waals surface area (Å²) in [5.41, 5.74) is 0. The molecule has 0 atom stereocenters. The van der Waals surface area contributed by atoms with Crippen molar-refractivity contribution < 1.29 is 4.42 Å². The molecule has 0 radical (unpaired) electrons. The number of hydrogen-bond acceptors (Lipinski definition) is 5. The SMILES string of the molecule is CCNCc1nnc(NCC(C2CC2)C2CC2)o1. The second kappa shape index (κ2) is 5.26. The van der Waals surface area contributed by atoms with E-state index in [0.29, 0.717) is 18.5 Å². The quantitative estimate of drug-likeness (QED) is 0.739. The third-order valence-corrected chi connectivity index (χ3v) is 3.94. The molecule has 1 aromatic rings. The molecule has 100 valence electrons. The molecule has 0 amide bonds. The molecule has 2 saturated carbocycles. The smallest absolute Gasteiger partial charge is 0.315 e. The Morgan fingerprint density at radius 1 is 1.22 bits per heavy atom. The summed E-state index contributed by atoms with van der Waals surface area (Å²) < 4.78 is 5.54. The van der Waals surface area contributed by atoms with Gasteiger partial charge in [0.15, 0.2) is 0 Å². The van der Waals surface area contributed by atoms with E-state index in [2.05, 4.69) is 27.8 Å². The Labute approximate surface area is 108 Å². The first kappa shape index (κ1) is 12.0. The minimum absolute atomic E-state index is 0.578. The summed E-state index contributed by atoms with van der Waals surface area (Å²) in [6.45, 7) is 4.63. The predicted octanol–water partition coefficient (Wildman–Crippen LogP) is 2.03. The van der Waals surface area contributed by atoms with Gasteiger partial charge < -0.3 is 15.1 Å². The van der Waals surface area contributed by atoms with Crippen molar-refractivity contribution in [2.24, 2.45) is 17.8 Å². The summed E-state index contributed by atoms with van der Waals surface area (Å²) in [5.74, 6) is 3.39. The van der Waals surface area contributed by atoms with Gasteiger partial charge in [-0.3, -0.25) is 0 Å². The Bertz CT molecular complexity index is 372. The summed E-state index contributed by atoms with van der Waals surface area (Å²) in [6.07, 6.45) is 5.66. The minimum atomic E-state index is 0.578. The third kappa shape index (κ3) is 3.02. The van der Waals surface area contributed by atoms with E-state index >= 15 is 0 Å². The molecule has 1 heterocycles. The molecule has 5 nitrogen and oxygen atoms in total. The highest BCUT2D eigenvalue weighted by molar-refractivity contribution is 5.17. The van der Waals surface area contributed by atoms with Crippen molar-refractivity contribution in [1.82, 2.24) is 15.5 Å². The summed E-state index contributed by atoms with van der Waals surface area (Å²) in [7, 11) is 0. The molecule has 18 heavy (non-hydrogen) atoms. The van der Waals surface area contributed by atoms with E-state index in [1.54, 1.807) is 0 Å². The molecule has 2 N–H and O–H groups in total. The zero-order valence-corrected chi connectivity index (χ0v) is 11.0. The van der Waals surface area contributed by atoms with E-state index in [1.165, 1.54) is 25.7 Å². The Morgan fingerprint density at radius 2 is 1.94 bits per heavy atom. The maximum Gasteiger partial charge on any atom is 0.315 e. The second-order valence-corrected chi connectivity index (χ2v) is 5.50.